The molecule has 0 amide bonds. The van der Waals surface area contributed by atoms with Gasteiger partial charge in [0.15, 0.2) is 0 Å². The van der Waals surface area contributed by atoms with Crippen molar-refractivity contribution in [3.63, 3.8) is 0 Å². The number of nitrogens with zero attached hydrogens (tertiary/aromatic N) is 1. The number of aromatic hydroxyl groups is 1. The highest BCUT2D eigenvalue weighted by Gasteiger charge is 2.03. The first-order valence-corrected chi connectivity index (χ1v) is 6.06. The molecule has 1 heterocycles. The number of H-pyrrole nitrogens is 1. The molecule has 15 heavy (non-hydrogen) atoms. The summed E-state index contributed by atoms with van der Waals surface area (Å²) in [4.78, 5) is 24.2. The molecule has 0 fully saturated rings. The van der Waals surface area contributed by atoms with Gasteiger partial charge in [-0.2, -0.15) is 11.8 Å². The number of hydrogen-bond acceptors (Lipinski definition) is 4. The van der Waals surface area contributed by atoms with Crippen molar-refractivity contribution in [2.75, 3.05) is 12.0 Å². The Morgan fingerprint density at radius 1 is 1.47 bits per heavy atom. The molecule has 0 unspecified atom stereocenters. The van der Waals surface area contributed by atoms with Crippen molar-refractivity contribution < 1.29 is 5.11 Å². The van der Waals surface area contributed by atoms with Crippen LogP contribution in [0.4, 0.5) is 0 Å². The van der Waals surface area contributed by atoms with Crippen molar-refractivity contribution in [1.29, 1.82) is 0 Å². The molecule has 0 aromatic carbocycles. The Kier molecular flexibility index (Phi) is 4.48. The van der Waals surface area contributed by atoms with E-state index in [1.165, 1.54) is 4.57 Å². The second-order valence-electron chi connectivity index (χ2n) is 3.15. The Bertz CT molecular complexity index is 424. The molecule has 0 saturated heterocycles. The topological polar surface area (TPSA) is 75.1 Å². The van der Waals surface area contributed by atoms with Gasteiger partial charge < -0.3 is 5.11 Å². The monoisotopic (exact) mass is 230 g/mol. The summed E-state index contributed by atoms with van der Waals surface area (Å²) in [6, 6.07) is 1.01. The molecule has 0 aliphatic carbocycles. The Morgan fingerprint density at radius 3 is 2.80 bits per heavy atom. The van der Waals surface area contributed by atoms with Gasteiger partial charge in [0.2, 0.25) is 5.88 Å². The van der Waals surface area contributed by atoms with E-state index in [0.717, 1.165) is 24.7 Å². The Balaban J connectivity index is 2.69. The maximum absolute atomic E-state index is 11.3. The average Bonchev–Trinajstić information content (AvgIpc) is 2.15. The van der Waals surface area contributed by atoms with Crippen LogP contribution in [0.1, 0.15) is 12.8 Å². The highest BCUT2D eigenvalue weighted by atomic mass is 32.2. The molecule has 84 valence electrons. The van der Waals surface area contributed by atoms with Crippen LogP contribution in [0, 0.1) is 0 Å². The molecular weight excluding hydrogens is 216 g/mol. The molecule has 5 nitrogen and oxygen atoms in total. The van der Waals surface area contributed by atoms with Gasteiger partial charge in [0.25, 0.3) is 5.56 Å². The summed E-state index contributed by atoms with van der Waals surface area (Å²) < 4.78 is 1.17. The van der Waals surface area contributed by atoms with Crippen molar-refractivity contribution in [1.82, 2.24) is 9.55 Å². The SMILES string of the molecule is CSCCCCn1c(O)cc(=O)[nH]c1=O. The molecule has 0 atom stereocenters. The van der Waals surface area contributed by atoms with Gasteiger partial charge in [0, 0.05) is 6.54 Å². The Hall–Kier alpha value is -1.17. The lowest BCUT2D eigenvalue weighted by Gasteiger charge is -2.06. The van der Waals surface area contributed by atoms with E-state index >= 15 is 0 Å². The average molecular weight is 230 g/mol. The van der Waals surface area contributed by atoms with Crippen LogP contribution in [0.25, 0.3) is 0 Å². The first-order valence-electron chi connectivity index (χ1n) is 4.67. The number of thioether (sulfide) groups is 1. The summed E-state index contributed by atoms with van der Waals surface area (Å²) in [6.07, 6.45) is 3.80. The van der Waals surface area contributed by atoms with Gasteiger partial charge in [-0.05, 0) is 24.9 Å². The molecule has 1 rings (SSSR count). The normalized spacial score (nSPS) is 10.5. The second-order valence-corrected chi connectivity index (χ2v) is 4.13. The van der Waals surface area contributed by atoms with E-state index in [9.17, 15) is 14.7 Å². The highest BCUT2D eigenvalue weighted by Crippen LogP contribution is 2.05. The molecule has 0 bridgehead atoms. The zero-order valence-corrected chi connectivity index (χ0v) is 9.34. The second kappa shape index (κ2) is 5.65. The van der Waals surface area contributed by atoms with Gasteiger partial charge in [0.05, 0.1) is 6.07 Å². The summed E-state index contributed by atoms with van der Waals surface area (Å²) in [7, 11) is 0. The van der Waals surface area contributed by atoms with Crippen molar-refractivity contribution in [2.24, 2.45) is 0 Å². The van der Waals surface area contributed by atoms with Crippen LogP contribution < -0.4 is 11.2 Å². The number of aromatic amines is 1. The molecule has 0 aliphatic rings. The lowest BCUT2D eigenvalue weighted by molar-refractivity contribution is 0.396. The summed E-state index contributed by atoms with van der Waals surface area (Å²) in [5.74, 6) is 0.756. The minimum absolute atomic E-state index is 0.270. The molecule has 6 heteroatoms. The van der Waals surface area contributed by atoms with Crippen LogP contribution >= 0.6 is 11.8 Å². The van der Waals surface area contributed by atoms with E-state index in [0.29, 0.717) is 6.54 Å². The number of aromatic nitrogens is 2. The van der Waals surface area contributed by atoms with Gasteiger partial charge in [-0.3, -0.25) is 14.3 Å². The van der Waals surface area contributed by atoms with E-state index in [4.69, 9.17) is 0 Å². The quantitative estimate of drug-likeness (QED) is 0.717. The van der Waals surface area contributed by atoms with Crippen molar-refractivity contribution >= 4 is 11.8 Å². The zero-order chi connectivity index (χ0) is 11.3. The number of nitrogens with one attached hydrogen (secondary N) is 1. The lowest BCUT2D eigenvalue weighted by Crippen LogP contribution is -2.29. The van der Waals surface area contributed by atoms with Crippen molar-refractivity contribution in [3.05, 3.63) is 26.9 Å². The van der Waals surface area contributed by atoms with Crippen LogP contribution in [0.5, 0.6) is 5.88 Å². The summed E-state index contributed by atoms with van der Waals surface area (Å²) in [5.41, 5.74) is -1.12. The fourth-order valence-electron chi connectivity index (χ4n) is 1.24. The van der Waals surface area contributed by atoms with E-state index in [-0.39, 0.29) is 5.88 Å². The first-order chi connectivity index (χ1) is 7.15. The fraction of sp³-hybridized carbons (Fsp3) is 0.556. The van der Waals surface area contributed by atoms with Gasteiger partial charge in [-0.15, -0.1) is 0 Å². The molecule has 0 aliphatic heterocycles. The van der Waals surface area contributed by atoms with Gasteiger partial charge in [-0.1, -0.05) is 0 Å². The third kappa shape index (κ3) is 3.47. The molecule has 0 radical (unpaired) electrons. The smallest absolute Gasteiger partial charge is 0.331 e. The van der Waals surface area contributed by atoms with Crippen LogP contribution in [0.15, 0.2) is 15.7 Å². The van der Waals surface area contributed by atoms with Crippen molar-refractivity contribution in [2.45, 2.75) is 19.4 Å². The molecule has 2 N–H and O–H groups in total. The number of hydrogen-bond donors (Lipinski definition) is 2. The predicted octanol–water partition coefficient (Wildman–Crippen LogP) is 0.385. The van der Waals surface area contributed by atoms with E-state index in [2.05, 4.69) is 4.98 Å². The molecular formula is C9H14N2O3S. The van der Waals surface area contributed by atoms with Gasteiger partial charge >= 0.3 is 5.69 Å². The Morgan fingerprint density at radius 2 is 2.20 bits per heavy atom. The molecule has 1 aromatic rings. The first kappa shape index (κ1) is 11.9. The van der Waals surface area contributed by atoms with Crippen molar-refractivity contribution in [3.8, 4) is 5.88 Å². The standard InChI is InChI=1S/C9H14N2O3S/c1-15-5-3-2-4-11-8(13)6-7(12)10-9(11)14/h6,13H,2-5H2,1H3,(H,10,12,14). The third-order valence-corrected chi connectivity index (χ3v) is 2.69. The molecule has 1 aromatic heterocycles. The maximum Gasteiger partial charge on any atom is 0.331 e. The zero-order valence-electron chi connectivity index (χ0n) is 8.52. The van der Waals surface area contributed by atoms with E-state index in [1.807, 2.05) is 6.26 Å². The lowest BCUT2D eigenvalue weighted by atomic mass is 10.3. The number of rotatable bonds is 5. The number of unbranched alkanes of at least 4 members (excludes halogenated alkanes) is 1. The fourth-order valence-corrected chi connectivity index (χ4v) is 1.73. The maximum atomic E-state index is 11.3. The van der Waals surface area contributed by atoms with Gasteiger partial charge in [0.1, 0.15) is 0 Å². The van der Waals surface area contributed by atoms with Gasteiger partial charge in [-0.25, -0.2) is 4.79 Å². The van der Waals surface area contributed by atoms with E-state index < -0.39 is 11.2 Å². The predicted molar refractivity (Wildman–Crippen MR) is 60.6 cm³/mol. The third-order valence-electron chi connectivity index (χ3n) is 1.99. The highest BCUT2D eigenvalue weighted by molar-refractivity contribution is 7.98. The minimum atomic E-state index is -0.571. The van der Waals surface area contributed by atoms with Crippen LogP contribution in [-0.4, -0.2) is 26.7 Å². The summed E-state index contributed by atoms with van der Waals surface area (Å²) >= 11 is 1.74. The largest absolute Gasteiger partial charge is 0.494 e. The summed E-state index contributed by atoms with van der Waals surface area (Å²) in [6.45, 7) is 0.433. The Labute approximate surface area is 91.1 Å². The van der Waals surface area contributed by atoms with Crippen LogP contribution in [0.2, 0.25) is 0 Å². The summed E-state index contributed by atoms with van der Waals surface area (Å²) in [5, 5.41) is 9.37. The van der Waals surface area contributed by atoms with Crippen LogP contribution in [0.3, 0.4) is 0 Å². The minimum Gasteiger partial charge on any atom is -0.494 e. The molecule has 0 spiro atoms. The van der Waals surface area contributed by atoms with Crippen LogP contribution in [-0.2, 0) is 6.54 Å². The van der Waals surface area contributed by atoms with E-state index in [1.54, 1.807) is 11.8 Å². The molecule has 0 saturated carbocycles.